The van der Waals surface area contributed by atoms with Gasteiger partial charge in [-0.05, 0) is 0 Å². The molecule has 0 fully saturated rings. The zero-order chi connectivity index (χ0) is 10.5. The molecule has 0 saturated heterocycles. The third kappa shape index (κ3) is 7.74. The maximum atomic E-state index is 11.1. The van der Waals surface area contributed by atoms with Crippen LogP contribution in [0.4, 0.5) is 0 Å². The molecule has 0 aromatic heterocycles. The molecule has 0 heterocycles. The fourth-order valence-electron chi connectivity index (χ4n) is 0.882. The van der Waals surface area contributed by atoms with Gasteiger partial charge in [-0.25, -0.2) is 5.21 Å². The minimum absolute atomic E-state index is 0.0385. The van der Waals surface area contributed by atoms with Crippen LogP contribution in [0.3, 0.4) is 0 Å². The van der Waals surface area contributed by atoms with Gasteiger partial charge in [0.1, 0.15) is 6.54 Å². The largest absolute Gasteiger partial charge is 0.356 e. The van der Waals surface area contributed by atoms with Crippen molar-refractivity contribution in [3.8, 4) is 0 Å². The second-order valence-corrected chi connectivity index (χ2v) is 4.14. The molecule has 0 radical (unpaired) electrons. The fraction of sp³-hybridized carbons (Fsp3) is 0.889. The summed E-state index contributed by atoms with van der Waals surface area (Å²) in [7, 11) is 3.43. The molecule has 0 atom stereocenters. The van der Waals surface area contributed by atoms with Crippen LogP contribution in [0, 0.1) is 5.92 Å². The first-order valence-corrected chi connectivity index (χ1v) is 4.66. The number of hydrogen-bond donors (Lipinski definition) is 2. The lowest BCUT2D eigenvalue weighted by atomic mass is 10.2. The van der Waals surface area contributed by atoms with Crippen molar-refractivity contribution in [2.75, 3.05) is 27.2 Å². The number of quaternary nitrogens is 1. The van der Waals surface area contributed by atoms with Gasteiger partial charge in [0.2, 0.25) is 5.91 Å². The molecule has 0 rings (SSSR count). The van der Waals surface area contributed by atoms with E-state index in [-0.39, 0.29) is 16.5 Å². The lowest BCUT2D eigenvalue weighted by Gasteiger charge is -2.19. The van der Waals surface area contributed by atoms with Crippen molar-refractivity contribution >= 4 is 5.91 Å². The van der Waals surface area contributed by atoms with E-state index in [1.54, 1.807) is 14.1 Å². The van der Waals surface area contributed by atoms with Crippen molar-refractivity contribution in [1.29, 1.82) is 0 Å². The average molecular weight is 189 g/mol. The quantitative estimate of drug-likeness (QED) is 0.378. The summed E-state index contributed by atoms with van der Waals surface area (Å²) < 4.78 is -0.0441. The maximum absolute atomic E-state index is 11.1. The number of amides is 1. The third-order valence-electron chi connectivity index (χ3n) is 1.71. The van der Waals surface area contributed by atoms with Crippen LogP contribution in [-0.2, 0) is 4.79 Å². The maximum Gasteiger partial charge on any atom is 0.222 e. The summed E-state index contributed by atoms with van der Waals surface area (Å²) in [5, 5.41) is 12.1. The lowest BCUT2D eigenvalue weighted by Crippen LogP contribution is -2.38. The Morgan fingerprint density at radius 1 is 1.46 bits per heavy atom. The van der Waals surface area contributed by atoms with Crippen molar-refractivity contribution in [3.63, 3.8) is 0 Å². The van der Waals surface area contributed by atoms with Crippen LogP contribution in [0.2, 0.25) is 0 Å². The summed E-state index contributed by atoms with van der Waals surface area (Å²) in [6.45, 7) is 5.01. The first-order valence-electron chi connectivity index (χ1n) is 4.66. The highest BCUT2D eigenvalue weighted by Crippen LogP contribution is 1.93. The lowest BCUT2D eigenvalue weighted by molar-refractivity contribution is -1.07. The zero-order valence-corrected chi connectivity index (χ0v) is 9.00. The predicted molar refractivity (Wildman–Crippen MR) is 51.2 cm³/mol. The number of nitrogens with one attached hydrogen (secondary N) is 1. The van der Waals surface area contributed by atoms with Crippen molar-refractivity contribution in [2.45, 2.75) is 20.3 Å². The summed E-state index contributed by atoms with van der Waals surface area (Å²) in [5.41, 5.74) is 0. The van der Waals surface area contributed by atoms with Gasteiger partial charge >= 0.3 is 0 Å². The van der Waals surface area contributed by atoms with Crippen LogP contribution < -0.4 is 5.32 Å². The van der Waals surface area contributed by atoms with E-state index in [0.717, 1.165) is 6.42 Å². The molecule has 0 aliphatic carbocycles. The summed E-state index contributed by atoms with van der Waals surface area (Å²) in [6, 6.07) is 0. The molecule has 0 aromatic carbocycles. The predicted octanol–water partition coefficient (Wildman–Crippen LogP) is 0.614. The van der Waals surface area contributed by atoms with Crippen LogP contribution in [0.15, 0.2) is 0 Å². The van der Waals surface area contributed by atoms with Crippen LogP contribution in [0.1, 0.15) is 20.3 Å². The van der Waals surface area contributed by atoms with E-state index in [2.05, 4.69) is 5.32 Å². The second-order valence-electron chi connectivity index (χ2n) is 4.14. The Kier molecular flexibility index (Phi) is 4.95. The Hall–Kier alpha value is -0.610. The number of carbonyl (C=O) groups excluding carboxylic acids is 1. The topological polar surface area (TPSA) is 49.3 Å². The number of hydroxylamine groups is 3. The van der Waals surface area contributed by atoms with Gasteiger partial charge in [-0.3, -0.25) is 4.79 Å². The van der Waals surface area contributed by atoms with Gasteiger partial charge in [-0.1, -0.05) is 13.8 Å². The molecule has 0 aromatic rings. The molecule has 1 amide bonds. The standard InChI is InChI=1S/C9H20N2O2/c1-8(2)9(12)10-6-5-7-11(3,4)13/h8,13H,5-7H2,1-4H3/p+1. The second kappa shape index (κ2) is 5.19. The number of hydrogen-bond acceptors (Lipinski definition) is 2. The fourth-order valence-corrected chi connectivity index (χ4v) is 0.882. The normalized spacial score (nSPS) is 11.8. The third-order valence-corrected chi connectivity index (χ3v) is 1.71. The molecule has 78 valence electrons. The first kappa shape index (κ1) is 12.4. The smallest absolute Gasteiger partial charge is 0.222 e. The van der Waals surface area contributed by atoms with Crippen molar-refractivity contribution in [2.24, 2.45) is 5.92 Å². The Morgan fingerprint density at radius 3 is 2.38 bits per heavy atom. The van der Waals surface area contributed by atoms with Gasteiger partial charge in [-0.15, -0.1) is 0 Å². The van der Waals surface area contributed by atoms with E-state index in [0.29, 0.717) is 13.1 Å². The van der Waals surface area contributed by atoms with Crippen molar-refractivity contribution in [1.82, 2.24) is 5.32 Å². The highest BCUT2D eigenvalue weighted by Gasteiger charge is 2.10. The Balaban J connectivity index is 3.42. The first-order chi connectivity index (χ1) is 5.83. The number of carbonyl (C=O) groups is 1. The highest BCUT2D eigenvalue weighted by molar-refractivity contribution is 5.77. The summed E-state index contributed by atoms with van der Waals surface area (Å²) in [4.78, 5) is 11.1. The van der Waals surface area contributed by atoms with E-state index in [9.17, 15) is 10.0 Å². The molecule has 0 saturated carbocycles. The molecular weight excluding hydrogens is 168 g/mol. The molecule has 0 unspecified atom stereocenters. The summed E-state index contributed by atoms with van der Waals surface area (Å²) >= 11 is 0. The molecule has 4 nitrogen and oxygen atoms in total. The minimum Gasteiger partial charge on any atom is -0.356 e. The molecule has 0 aliphatic heterocycles. The highest BCUT2D eigenvalue weighted by atomic mass is 16.5. The average Bonchev–Trinajstić information content (AvgIpc) is 1.95. The molecular formula is C9H21N2O2+. The van der Waals surface area contributed by atoms with Crippen LogP contribution in [0.25, 0.3) is 0 Å². The SMILES string of the molecule is CC(C)C(=O)NCCC[N+](C)(C)O. The van der Waals surface area contributed by atoms with Crippen LogP contribution in [0.5, 0.6) is 0 Å². The monoisotopic (exact) mass is 189 g/mol. The summed E-state index contributed by atoms with van der Waals surface area (Å²) in [6.07, 6.45) is 0.794. The molecule has 0 aliphatic rings. The number of rotatable bonds is 5. The van der Waals surface area contributed by atoms with Gasteiger partial charge in [-0.2, -0.15) is 4.65 Å². The van der Waals surface area contributed by atoms with Gasteiger partial charge in [0.05, 0.1) is 14.1 Å². The molecule has 0 bridgehead atoms. The van der Waals surface area contributed by atoms with Crippen LogP contribution >= 0.6 is 0 Å². The van der Waals surface area contributed by atoms with Gasteiger partial charge in [0.25, 0.3) is 0 Å². The van der Waals surface area contributed by atoms with Crippen LogP contribution in [-0.4, -0.2) is 42.9 Å². The zero-order valence-electron chi connectivity index (χ0n) is 9.00. The van der Waals surface area contributed by atoms with E-state index in [1.165, 1.54) is 0 Å². The Bertz CT molecular complexity index is 161. The Morgan fingerprint density at radius 2 is 2.00 bits per heavy atom. The number of nitrogens with zero attached hydrogens (tertiary/aromatic N) is 1. The molecule has 0 spiro atoms. The van der Waals surface area contributed by atoms with Gasteiger partial charge in [0.15, 0.2) is 0 Å². The minimum atomic E-state index is -0.0441. The molecule has 4 heteroatoms. The Labute approximate surface area is 80.1 Å². The summed E-state index contributed by atoms with van der Waals surface area (Å²) in [5.74, 6) is 0.111. The van der Waals surface area contributed by atoms with E-state index >= 15 is 0 Å². The molecule has 13 heavy (non-hydrogen) atoms. The molecule has 2 N–H and O–H groups in total. The van der Waals surface area contributed by atoms with Gasteiger partial charge < -0.3 is 5.32 Å². The van der Waals surface area contributed by atoms with E-state index in [1.807, 2.05) is 13.8 Å². The van der Waals surface area contributed by atoms with E-state index < -0.39 is 0 Å². The van der Waals surface area contributed by atoms with E-state index in [4.69, 9.17) is 0 Å². The van der Waals surface area contributed by atoms with Crippen molar-refractivity contribution < 1.29 is 14.6 Å². The van der Waals surface area contributed by atoms with Gasteiger partial charge in [0, 0.05) is 18.9 Å². The van der Waals surface area contributed by atoms with Crippen molar-refractivity contribution in [3.05, 3.63) is 0 Å².